The Morgan fingerprint density at radius 3 is 3.12 bits per heavy atom. The molecule has 1 aromatic heterocycles. The third-order valence-corrected chi connectivity index (χ3v) is 3.28. The van der Waals surface area contributed by atoms with Crippen LogP contribution in [0.5, 0.6) is 0 Å². The zero-order chi connectivity index (χ0) is 11.0. The lowest BCUT2D eigenvalue weighted by Crippen LogP contribution is -2.24. The van der Waals surface area contributed by atoms with Crippen molar-refractivity contribution in [2.45, 2.75) is 25.3 Å². The van der Waals surface area contributed by atoms with Gasteiger partial charge in [0.1, 0.15) is 11.4 Å². The minimum Gasteiger partial charge on any atom is -0.464 e. The van der Waals surface area contributed by atoms with E-state index in [1.807, 2.05) is 6.07 Å². The first-order valence-electron chi connectivity index (χ1n) is 5.72. The number of fused-ring (bicyclic) bond motifs is 1. The van der Waals surface area contributed by atoms with Gasteiger partial charge >= 0.3 is 0 Å². The largest absolute Gasteiger partial charge is 0.464 e. The van der Waals surface area contributed by atoms with E-state index in [0.29, 0.717) is 17.2 Å². The van der Waals surface area contributed by atoms with Crippen LogP contribution >= 0.6 is 0 Å². The summed E-state index contributed by atoms with van der Waals surface area (Å²) in [6, 6.07) is 5.56. The Kier molecular flexibility index (Phi) is 2.40. The van der Waals surface area contributed by atoms with Gasteiger partial charge in [-0.15, -0.1) is 0 Å². The number of hydrogen-bond donors (Lipinski definition) is 1. The second-order valence-electron chi connectivity index (χ2n) is 4.36. The van der Waals surface area contributed by atoms with Gasteiger partial charge in [-0.1, -0.05) is 0 Å². The van der Waals surface area contributed by atoms with Crippen LogP contribution in [-0.2, 0) is 6.42 Å². The molecule has 2 nitrogen and oxygen atoms in total. The molecule has 1 aromatic carbocycles. The normalized spacial score (nSPS) is 20.7. The fourth-order valence-corrected chi connectivity index (χ4v) is 2.44. The van der Waals surface area contributed by atoms with Crippen LogP contribution in [0, 0.1) is 5.82 Å². The Morgan fingerprint density at radius 2 is 2.31 bits per heavy atom. The van der Waals surface area contributed by atoms with Crippen molar-refractivity contribution in [2.75, 3.05) is 6.54 Å². The lowest BCUT2D eigenvalue weighted by molar-refractivity contribution is 0.546. The molecule has 0 saturated carbocycles. The van der Waals surface area contributed by atoms with E-state index in [1.165, 1.54) is 12.5 Å². The fraction of sp³-hybridized carbons (Fsp3) is 0.385. The molecule has 3 rings (SSSR count). The summed E-state index contributed by atoms with van der Waals surface area (Å²) in [7, 11) is 0. The molecular formula is C13H14FNO. The molecule has 1 saturated heterocycles. The van der Waals surface area contributed by atoms with Gasteiger partial charge in [-0.25, -0.2) is 4.39 Å². The maximum atomic E-state index is 13.8. The van der Waals surface area contributed by atoms with Crippen LogP contribution in [0.15, 0.2) is 28.9 Å². The Hall–Kier alpha value is -1.35. The van der Waals surface area contributed by atoms with Crippen LogP contribution in [0.4, 0.5) is 4.39 Å². The predicted octanol–water partition coefficient (Wildman–Crippen LogP) is 2.87. The summed E-state index contributed by atoms with van der Waals surface area (Å²) in [5, 5.41) is 4.36. The van der Waals surface area contributed by atoms with Gasteiger partial charge in [-0.3, -0.25) is 0 Å². The molecule has 84 valence electrons. The van der Waals surface area contributed by atoms with Crippen LogP contribution in [0.25, 0.3) is 11.0 Å². The van der Waals surface area contributed by atoms with Gasteiger partial charge in [-0.2, -0.15) is 0 Å². The van der Waals surface area contributed by atoms with Crippen molar-refractivity contribution >= 4 is 11.0 Å². The SMILES string of the molecule is Fc1ccc2ccoc2c1CC1CCCN1. The van der Waals surface area contributed by atoms with E-state index in [4.69, 9.17) is 4.42 Å². The molecule has 1 aliphatic rings. The molecule has 1 aliphatic heterocycles. The van der Waals surface area contributed by atoms with Gasteiger partial charge in [0.2, 0.25) is 0 Å². The molecule has 0 aliphatic carbocycles. The Balaban J connectivity index is 1.99. The number of benzene rings is 1. The maximum Gasteiger partial charge on any atom is 0.140 e. The standard InChI is InChI=1S/C13H14FNO/c14-12-4-3-9-5-7-16-13(9)11(12)8-10-2-1-6-15-10/h3-5,7,10,15H,1-2,6,8H2. The topological polar surface area (TPSA) is 25.2 Å². The molecule has 2 heterocycles. The molecular weight excluding hydrogens is 205 g/mol. The molecule has 1 atom stereocenters. The summed E-state index contributed by atoms with van der Waals surface area (Å²) < 4.78 is 19.1. The predicted molar refractivity (Wildman–Crippen MR) is 60.9 cm³/mol. The van der Waals surface area contributed by atoms with Crippen molar-refractivity contribution < 1.29 is 8.81 Å². The highest BCUT2D eigenvalue weighted by Gasteiger charge is 2.19. The molecule has 0 bridgehead atoms. The monoisotopic (exact) mass is 219 g/mol. The molecule has 3 heteroatoms. The van der Waals surface area contributed by atoms with E-state index < -0.39 is 0 Å². The first kappa shape index (κ1) is 9.85. The number of halogens is 1. The maximum absolute atomic E-state index is 13.8. The Labute approximate surface area is 93.4 Å². The van der Waals surface area contributed by atoms with Crippen LogP contribution in [0.1, 0.15) is 18.4 Å². The first-order valence-corrected chi connectivity index (χ1v) is 5.72. The minimum atomic E-state index is -0.156. The Morgan fingerprint density at radius 1 is 1.38 bits per heavy atom. The van der Waals surface area contributed by atoms with Gasteiger partial charge in [-0.05, 0) is 44.0 Å². The molecule has 0 spiro atoms. The van der Waals surface area contributed by atoms with Crippen LogP contribution in [-0.4, -0.2) is 12.6 Å². The molecule has 1 N–H and O–H groups in total. The first-order chi connectivity index (χ1) is 7.84. The van der Waals surface area contributed by atoms with E-state index in [9.17, 15) is 4.39 Å². The van der Waals surface area contributed by atoms with Crippen molar-refractivity contribution in [3.05, 3.63) is 35.8 Å². The van der Waals surface area contributed by atoms with Crippen LogP contribution in [0.2, 0.25) is 0 Å². The smallest absolute Gasteiger partial charge is 0.140 e. The van der Waals surface area contributed by atoms with Gasteiger partial charge in [0.15, 0.2) is 0 Å². The zero-order valence-electron chi connectivity index (χ0n) is 9.00. The van der Waals surface area contributed by atoms with Crippen LogP contribution in [0.3, 0.4) is 0 Å². The van der Waals surface area contributed by atoms with Gasteiger partial charge in [0.05, 0.1) is 6.26 Å². The second-order valence-corrected chi connectivity index (χ2v) is 4.36. The van der Waals surface area contributed by atoms with E-state index in [1.54, 1.807) is 12.3 Å². The molecule has 1 unspecified atom stereocenters. The number of furan rings is 1. The average molecular weight is 219 g/mol. The molecule has 2 aromatic rings. The van der Waals surface area contributed by atoms with Gasteiger partial charge in [0, 0.05) is 17.0 Å². The number of rotatable bonds is 2. The fourth-order valence-electron chi connectivity index (χ4n) is 2.44. The lowest BCUT2D eigenvalue weighted by atomic mass is 10.0. The van der Waals surface area contributed by atoms with Crippen molar-refractivity contribution in [2.24, 2.45) is 0 Å². The van der Waals surface area contributed by atoms with Crippen molar-refractivity contribution in [3.8, 4) is 0 Å². The summed E-state index contributed by atoms with van der Waals surface area (Å²) in [6.07, 6.45) is 4.64. The molecule has 0 radical (unpaired) electrons. The Bertz CT molecular complexity index is 500. The van der Waals surface area contributed by atoms with E-state index in [-0.39, 0.29) is 5.82 Å². The lowest BCUT2D eigenvalue weighted by Gasteiger charge is -2.11. The summed E-state index contributed by atoms with van der Waals surface area (Å²) in [4.78, 5) is 0. The average Bonchev–Trinajstić information content (AvgIpc) is 2.92. The zero-order valence-corrected chi connectivity index (χ0v) is 9.00. The van der Waals surface area contributed by atoms with E-state index in [0.717, 1.165) is 24.8 Å². The van der Waals surface area contributed by atoms with Crippen LogP contribution < -0.4 is 5.32 Å². The summed E-state index contributed by atoms with van der Waals surface area (Å²) in [5.41, 5.74) is 1.41. The third-order valence-electron chi connectivity index (χ3n) is 3.28. The molecule has 1 fully saturated rings. The highest BCUT2D eigenvalue weighted by Crippen LogP contribution is 2.25. The van der Waals surface area contributed by atoms with Gasteiger partial charge < -0.3 is 9.73 Å². The highest BCUT2D eigenvalue weighted by molar-refractivity contribution is 5.80. The summed E-state index contributed by atoms with van der Waals surface area (Å²) in [5.74, 6) is -0.156. The van der Waals surface area contributed by atoms with Gasteiger partial charge in [0.25, 0.3) is 0 Å². The van der Waals surface area contributed by atoms with Crippen molar-refractivity contribution in [1.29, 1.82) is 0 Å². The second kappa shape index (κ2) is 3.91. The van der Waals surface area contributed by atoms with Crippen molar-refractivity contribution in [1.82, 2.24) is 5.32 Å². The highest BCUT2D eigenvalue weighted by atomic mass is 19.1. The third kappa shape index (κ3) is 1.61. The molecule has 0 amide bonds. The van der Waals surface area contributed by atoms with E-state index in [2.05, 4.69) is 5.32 Å². The number of nitrogens with one attached hydrogen (secondary N) is 1. The quantitative estimate of drug-likeness (QED) is 0.840. The number of hydrogen-bond acceptors (Lipinski definition) is 2. The van der Waals surface area contributed by atoms with Crippen molar-refractivity contribution in [3.63, 3.8) is 0 Å². The van der Waals surface area contributed by atoms with E-state index >= 15 is 0 Å². The minimum absolute atomic E-state index is 0.156. The molecule has 16 heavy (non-hydrogen) atoms. The summed E-state index contributed by atoms with van der Waals surface area (Å²) in [6.45, 7) is 1.04. The summed E-state index contributed by atoms with van der Waals surface area (Å²) >= 11 is 0.